The van der Waals surface area contributed by atoms with Crippen LogP contribution in [-0.2, 0) is 4.79 Å². The van der Waals surface area contributed by atoms with E-state index in [0.717, 1.165) is 18.4 Å². The first kappa shape index (κ1) is 27.2. The van der Waals surface area contributed by atoms with Gasteiger partial charge in [-0.3, -0.25) is 4.79 Å². The molecule has 5 nitrogen and oxygen atoms in total. The summed E-state index contributed by atoms with van der Waals surface area (Å²) in [5.74, 6) is -1.18. The van der Waals surface area contributed by atoms with Gasteiger partial charge in [-0.1, -0.05) is 83.3 Å². The standard InChI is InChI=1S/C28H37FN2O3/c1-2-3-4-5-6-7-8-9-10-11-12-17-27(32)31-30-22-23-18-20-24(21-19-23)34-28(33)25-15-13-14-16-26(25)29/h13-16,18-22H,2-12,17H2,1H3,(H,31,32). The van der Waals surface area contributed by atoms with Crippen LogP contribution < -0.4 is 10.2 Å². The second-order valence-electron chi connectivity index (χ2n) is 8.52. The van der Waals surface area contributed by atoms with Crippen molar-refractivity contribution in [1.29, 1.82) is 0 Å². The van der Waals surface area contributed by atoms with Crippen LogP contribution in [0.2, 0.25) is 0 Å². The number of nitrogens with one attached hydrogen (secondary N) is 1. The first-order valence-corrected chi connectivity index (χ1v) is 12.5. The molecule has 0 saturated carbocycles. The molecule has 2 rings (SSSR count). The lowest BCUT2D eigenvalue weighted by molar-refractivity contribution is -0.121. The third kappa shape index (κ3) is 11.2. The Hall–Kier alpha value is -3.02. The van der Waals surface area contributed by atoms with E-state index in [4.69, 9.17) is 4.74 Å². The number of hydrogen-bond acceptors (Lipinski definition) is 4. The fourth-order valence-electron chi connectivity index (χ4n) is 3.60. The van der Waals surface area contributed by atoms with Crippen LogP contribution in [0.15, 0.2) is 53.6 Å². The predicted octanol–water partition coefficient (Wildman–Crippen LogP) is 7.20. The number of rotatable bonds is 16. The molecular formula is C28H37FN2O3. The van der Waals surface area contributed by atoms with E-state index in [0.29, 0.717) is 12.2 Å². The Labute approximate surface area is 202 Å². The van der Waals surface area contributed by atoms with Gasteiger partial charge in [0, 0.05) is 6.42 Å². The summed E-state index contributed by atoms with van der Waals surface area (Å²) in [5.41, 5.74) is 3.16. The smallest absolute Gasteiger partial charge is 0.346 e. The average Bonchev–Trinajstić information content (AvgIpc) is 2.84. The third-order valence-electron chi connectivity index (χ3n) is 5.59. The maximum atomic E-state index is 13.7. The van der Waals surface area contributed by atoms with E-state index in [1.807, 2.05) is 0 Å². The van der Waals surface area contributed by atoms with Crippen LogP contribution in [0.4, 0.5) is 4.39 Å². The molecule has 0 heterocycles. The molecule has 0 spiro atoms. The van der Waals surface area contributed by atoms with Gasteiger partial charge in [-0.15, -0.1) is 0 Å². The van der Waals surface area contributed by atoms with Gasteiger partial charge in [0.15, 0.2) is 0 Å². The van der Waals surface area contributed by atoms with Crippen LogP contribution in [0.1, 0.15) is 99.9 Å². The first-order valence-electron chi connectivity index (χ1n) is 12.5. The topological polar surface area (TPSA) is 67.8 Å². The number of ether oxygens (including phenoxy) is 1. The monoisotopic (exact) mass is 468 g/mol. The normalized spacial score (nSPS) is 11.0. The van der Waals surface area contributed by atoms with E-state index in [1.54, 1.807) is 30.3 Å². The van der Waals surface area contributed by atoms with Crippen LogP contribution in [0.25, 0.3) is 0 Å². The molecule has 0 atom stereocenters. The number of benzene rings is 2. The fourth-order valence-corrected chi connectivity index (χ4v) is 3.60. The summed E-state index contributed by atoms with van der Waals surface area (Å²) in [7, 11) is 0. The van der Waals surface area contributed by atoms with Crippen molar-refractivity contribution in [2.45, 2.75) is 84.0 Å². The SMILES string of the molecule is CCCCCCCCCCCCCC(=O)NN=Cc1ccc(OC(=O)c2ccccc2F)cc1. The van der Waals surface area contributed by atoms with Gasteiger partial charge in [-0.05, 0) is 48.4 Å². The van der Waals surface area contributed by atoms with E-state index in [-0.39, 0.29) is 11.5 Å². The third-order valence-corrected chi connectivity index (χ3v) is 5.59. The van der Waals surface area contributed by atoms with Gasteiger partial charge >= 0.3 is 5.97 Å². The predicted molar refractivity (Wildman–Crippen MR) is 135 cm³/mol. The Morgan fingerprint density at radius 1 is 0.853 bits per heavy atom. The highest BCUT2D eigenvalue weighted by Gasteiger charge is 2.13. The van der Waals surface area contributed by atoms with Crippen molar-refractivity contribution in [2.24, 2.45) is 5.10 Å². The molecule has 0 unspecified atom stereocenters. The van der Waals surface area contributed by atoms with E-state index < -0.39 is 11.8 Å². The van der Waals surface area contributed by atoms with Crippen molar-refractivity contribution in [2.75, 3.05) is 0 Å². The van der Waals surface area contributed by atoms with Gasteiger partial charge in [-0.2, -0.15) is 5.10 Å². The van der Waals surface area contributed by atoms with Gasteiger partial charge in [0.25, 0.3) is 0 Å². The van der Waals surface area contributed by atoms with Gasteiger partial charge in [0.2, 0.25) is 5.91 Å². The lowest BCUT2D eigenvalue weighted by Gasteiger charge is -2.05. The van der Waals surface area contributed by atoms with Crippen molar-refractivity contribution < 1.29 is 18.7 Å². The molecule has 0 aliphatic rings. The second kappa shape index (κ2) is 16.6. The maximum Gasteiger partial charge on any atom is 0.346 e. The highest BCUT2D eigenvalue weighted by molar-refractivity contribution is 5.91. The van der Waals surface area contributed by atoms with Crippen LogP contribution >= 0.6 is 0 Å². The van der Waals surface area contributed by atoms with Crippen LogP contribution in [-0.4, -0.2) is 18.1 Å². The van der Waals surface area contributed by atoms with E-state index in [1.165, 1.54) is 82.2 Å². The molecule has 0 radical (unpaired) electrons. The molecule has 2 aromatic carbocycles. The number of hydrazone groups is 1. The highest BCUT2D eigenvalue weighted by atomic mass is 19.1. The van der Waals surface area contributed by atoms with Crippen molar-refractivity contribution in [3.8, 4) is 5.75 Å². The summed E-state index contributed by atoms with van der Waals surface area (Å²) in [4.78, 5) is 24.0. The number of unbranched alkanes of at least 4 members (excludes halogenated alkanes) is 10. The van der Waals surface area contributed by atoms with Crippen molar-refractivity contribution >= 4 is 18.1 Å². The van der Waals surface area contributed by atoms with Gasteiger partial charge in [0.05, 0.1) is 11.8 Å². The largest absolute Gasteiger partial charge is 0.423 e. The summed E-state index contributed by atoms with van der Waals surface area (Å²) >= 11 is 0. The van der Waals surface area contributed by atoms with Crippen molar-refractivity contribution in [3.05, 3.63) is 65.5 Å². The van der Waals surface area contributed by atoms with Crippen molar-refractivity contribution in [3.63, 3.8) is 0 Å². The number of carbonyl (C=O) groups is 2. The van der Waals surface area contributed by atoms with E-state index >= 15 is 0 Å². The molecular weight excluding hydrogens is 431 g/mol. The Balaban J connectivity index is 1.56. The second-order valence-corrected chi connectivity index (χ2v) is 8.52. The number of amides is 1. The minimum atomic E-state index is -0.755. The fraction of sp³-hybridized carbons (Fsp3) is 0.464. The molecule has 0 fully saturated rings. The van der Waals surface area contributed by atoms with E-state index in [2.05, 4.69) is 17.5 Å². The summed E-state index contributed by atoms with van der Waals surface area (Å²) in [6, 6.07) is 12.2. The molecule has 2 aromatic rings. The Bertz CT molecular complexity index is 897. The summed E-state index contributed by atoms with van der Waals surface area (Å²) in [5, 5.41) is 3.98. The Kier molecular flexibility index (Phi) is 13.3. The minimum Gasteiger partial charge on any atom is -0.423 e. The molecule has 0 saturated heterocycles. The van der Waals surface area contributed by atoms with Crippen LogP contribution in [0.3, 0.4) is 0 Å². The molecule has 184 valence electrons. The van der Waals surface area contributed by atoms with E-state index in [9.17, 15) is 14.0 Å². The zero-order valence-electron chi connectivity index (χ0n) is 20.2. The number of nitrogens with zero attached hydrogens (tertiary/aromatic N) is 1. The lowest BCUT2D eigenvalue weighted by Crippen LogP contribution is -2.16. The molecule has 0 bridgehead atoms. The number of esters is 1. The zero-order valence-corrected chi connectivity index (χ0v) is 20.2. The van der Waals surface area contributed by atoms with Crippen molar-refractivity contribution in [1.82, 2.24) is 5.43 Å². The summed E-state index contributed by atoms with van der Waals surface area (Å²) in [6.07, 6.45) is 15.7. The Morgan fingerprint density at radius 2 is 1.44 bits per heavy atom. The van der Waals surface area contributed by atoms with Gasteiger partial charge < -0.3 is 4.74 Å². The molecule has 1 amide bonds. The molecule has 0 aromatic heterocycles. The number of carbonyl (C=O) groups excluding carboxylic acids is 2. The first-order chi connectivity index (χ1) is 16.6. The number of hydrogen-bond donors (Lipinski definition) is 1. The molecule has 34 heavy (non-hydrogen) atoms. The molecule has 6 heteroatoms. The van der Waals surface area contributed by atoms with Crippen LogP contribution in [0.5, 0.6) is 5.75 Å². The number of halogens is 1. The summed E-state index contributed by atoms with van der Waals surface area (Å²) in [6.45, 7) is 2.24. The van der Waals surface area contributed by atoms with Crippen LogP contribution in [0, 0.1) is 5.82 Å². The Morgan fingerprint density at radius 3 is 2.06 bits per heavy atom. The highest BCUT2D eigenvalue weighted by Crippen LogP contribution is 2.15. The maximum absolute atomic E-state index is 13.7. The molecule has 0 aliphatic carbocycles. The summed E-state index contributed by atoms with van der Waals surface area (Å²) < 4.78 is 18.9. The zero-order chi connectivity index (χ0) is 24.4. The van der Waals surface area contributed by atoms with Gasteiger partial charge in [-0.25, -0.2) is 14.6 Å². The van der Waals surface area contributed by atoms with Gasteiger partial charge in [0.1, 0.15) is 11.6 Å². The molecule has 1 N–H and O–H groups in total. The molecule has 0 aliphatic heterocycles. The average molecular weight is 469 g/mol. The lowest BCUT2D eigenvalue weighted by atomic mass is 10.1. The minimum absolute atomic E-state index is 0.0948. The quantitative estimate of drug-likeness (QED) is 0.0931.